The number of H-pyrrole nitrogens is 1. The fourth-order valence-corrected chi connectivity index (χ4v) is 3.48. The van der Waals surface area contributed by atoms with Crippen molar-refractivity contribution in [3.8, 4) is 0 Å². The van der Waals surface area contributed by atoms with E-state index in [0.717, 1.165) is 38.0 Å². The summed E-state index contributed by atoms with van der Waals surface area (Å²) in [6, 6.07) is 11.8. The van der Waals surface area contributed by atoms with E-state index in [2.05, 4.69) is 30.9 Å². The number of aromatic amines is 1. The fraction of sp³-hybridized carbons (Fsp3) is 0.316. The molecule has 1 atom stereocenters. The lowest BCUT2D eigenvalue weighted by Crippen LogP contribution is -2.48. The summed E-state index contributed by atoms with van der Waals surface area (Å²) >= 11 is 0. The minimum Gasteiger partial charge on any atom is -0.334 e. The molecule has 0 radical (unpaired) electrons. The number of anilines is 1. The summed E-state index contributed by atoms with van der Waals surface area (Å²) in [5.41, 5.74) is 3.03. The van der Waals surface area contributed by atoms with Crippen LogP contribution in [0.5, 0.6) is 0 Å². The van der Waals surface area contributed by atoms with Crippen molar-refractivity contribution in [2.24, 2.45) is 0 Å². The zero-order valence-corrected chi connectivity index (χ0v) is 14.8. The van der Waals surface area contributed by atoms with Crippen LogP contribution >= 0.6 is 0 Å². The van der Waals surface area contributed by atoms with Crippen molar-refractivity contribution in [1.82, 2.24) is 25.6 Å². The highest BCUT2D eigenvalue weighted by atomic mass is 19.1. The minimum atomic E-state index is -0.251. The molecule has 1 aromatic heterocycles. The summed E-state index contributed by atoms with van der Waals surface area (Å²) in [7, 11) is 0. The quantitative estimate of drug-likeness (QED) is 0.661. The van der Waals surface area contributed by atoms with Crippen molar-refractivity contribution in [3.63, 3.8) is 0 Å². The Bertz CT molecular complexity index is 925. The van der Waals surface area contributed by atoms with Crippen LogP contribution in [-0.2, 0) is 6.54 Å². The van der Waals surface area contributed by atoms with Gasteiger partial charge in [-0.1, -0.05) is 18.2 Å². The maximum absolute atomic E-state index is 13.0. The topological polar surface area (TPSA) is 85.9 Å². The molecule has 7 nitrogen and oxygen atoms in total. The Labute approximate surface area is 155 Å². The van der Waals surface area contributed by atoms with Gasteiger partial charge in [-0.3, -0.25) is 4.90 Å². The molecule has 140 valence electrons. The van der Waals surface area contributed by atoms with Crippen molar-refractivity contribution in [2.75, 3.05) is 18.4 Å². The molecule has 8 heteroatoms. The van der Waals surface area contributed by atoms with Gasteiger partial charge in [0, 0.05) is 19.1 Å². The Morgan fingerprint density at radius 1 is 1.22 bits per heavy atom. The number of likely N-dealkylation sites (tertiary alicyclic amines) is 1. The third-order valence-electron chi connectivity index (χ3n) is 4.76. The van der Waals surface area contributed by atoms with E-state index in [1.54, 1.807) is 18.2 Å². The molecule has 27 heavy (non-hydrogen) atoms. The number of carbonyl (C=O) groups is 1. The van der Waals surface area contributed by atoms with Gasteiger partial charge in [-0.15, -0.1) is 0 Å². The van der Waals surface area contributed by atoms with Crippen LogP contribution in [0.3, 0.4) is 0 Å². The highest BCUT2D eigenvalue weighted by Crippen LogP contribution is 2.19. The van der Waals surface area contributed by atoms with Gasteiger partial charge in [-0.2, -0.15) is 15.4 Å². The first kappa shape index (κ1) is 17.4. The standard InChI is InChI=1S/C19H21FN6O/c20-14-8-6-13(7-9-14)11-26-10-2-3-15(12-26)21-19(27)22-16-4-1-5-17-18(16)24-25-23-17/h1,4-9,15H,2-3,10-12H2,(H2,21,22,27)(H,23,24,25). The number of hydrogen-bond acceptors (Lipinski definition) is 4. The molecule has 1 fully saturated rings. The summed E-state index contributed by atoms with van der Waals surface area (Å²) < 4.78 is 13.0. The maximum Gasteiger partial charge on any atom is 0.319 e. The van der Waals surface area contributed by atoms with Gasteiger partial charge in [0.05, 0.1) is 5.69 Å². The van der Waals surface area contributed by atoms with Gasteiger partial charge in [-0.25, -0.2) is 9.18 Å². The predicted octanol–water partition coefficient (Wildman–Crippen LogP) is 2.88. The van der Waals surface area contributed by atoms with E-state index in [-0.39, 0.29) is 17.9 Å². The molecule has 0 spiro atoms. The van der Waals surface area contributed by atoms with E-state index in [1.165, 1.54) is 12.1 Å². The molecule has 3 aromatic rings. The highest BCUT2D eigenvalue weighted by molar-refractivity contribution is 5.98. The van der Waals surface area contributed by atoms with Crippen molar-refractivity contribution in [1.29, 1.82) is 0 Å². The number of hydrogen-bond donors (Lipinski definition) is 3. The van der Waals surface area contributed by atoms with Gasteiger partial charge in [-0.05, 0) is 49.2 Å². The van der Waals surface area contributed by atoms with Gasteiger partial charge in [0.1, 0.15) is 16.9 Å². The van der Waals surface area contributed by atoms with Crippen LogP contribution in [0.15, 0.2) is 42.5 Å². The van der Waals surface area contributed by atoms with Crippen molar-refractivity contribution in [2.45, 2.75) is 25.4 Å². The minimum absolute atomic E-state index is 0.0655. The van der Waals surface area contributed by atoms with E-state index in [9.17, 15) is 9.18 Å². The number of piperidine rings is 1. The third kappa shape index (κ3) is 4.22. The van der Waals surface area contributed by atoms with E-state index in [0.29, 0.717) is 16.7 Å². The molecular formula is C19H21FN6O. The fourth-order valence-electron chi connectivity index (χ4n) is 3.48. The molecule has 2 heterocycles. The summed E-state index contributed by atoms with van der Waals surface area (Å²) in [5.74, 6) is -0.226. The molecule has 2 aromatic carbocycles. The van der Waals surface area contributed by atoms with Gasteiger partial charge >= 0.3 is 6.03 Å². The molecule has 0 saturated carbocycles. The smallest absolute Gasteiger partial charge is 0.319 e. The monoisotopic (exact) mass is 368 g/mol. The Hall–Kier alpha value is -3.00. The molecule has 1 aliphatic rings. The Kier molecular flexibility index (Phi) is 4.97. The number of nitrogens with zero attached hydrogens (tertiary/aromatic N) is 3. The van der Waals surface area contributed by atoms with Crippen LogP contribution in [0, 0.1) is 5.82 Å². The van der Waals surface area contributed by atoms with Gasteiger partial charge in [0.25, 0.3) is 0 Å². The summed E-state index contributed by atoms with van der Waals surface area (Å²) in [4.78, 5) is 14.7. The molecule has 0 aliphatic carbocycles. The Morgan fingerprint density at radius 2 is 2.07 bits per heavy atom. The number of benzene rings is 2. The van der Waals surface area contributed by atoms with Crippen molar-refractivity contribution >= 4 is 22.8 Å². The van der Waals surface area contributed by atoms with Crippen molar-refractivity contribution < 1.29 is 9.18 Å². The van der Waals surface area contributed by atoms with E-state index >= 15 is 0 Å². The summed E-state index contributed by atoms with van der Waals surface area (Å²) in [6.45, 7) is 2.48. The lowest BCUT2D eigenvalue weighted by atomic mass is 10.0. The molecule has 1 saturated heterocycles. The van der Waals surface area contributed by atoms with Crippen LogP contribution in [0.25, 0.3) is 11.0 Å². The Balaban J connectivity index is 1.34. The molecule has 4 rings (SSSR count). The van der Waals surface area contributed by atoms with Gasteiger partial charge in [0.2, 0.25) is 0 Å². The lowest BCUT2D eigenvalue weighted by molar-refractivity contribution is 0.183. The van der Waals surface area contributed by atoms with Crippen molar-refractivity contribution in [3.05, 3.63) is 53.8 Å². The number of amides is 2. The van der Waals surface area contributed by atoms with Gasteiger partial charge < -0.3 is 10.6 Å². The number of rotatable bonds is 4. The first-order valence-electron chi connectivity index (χ1n) is 9.01. The van der Waals surface area contributed by atoms with Crippen LogP contribution in [0.1, 0.15) is 18.4 Å². The summed E-state index contributed by atoms with van der Waals surface area (Å²) in [6.07, 6.45) is 1.94. The van der Waals surface area contributed by atoms with Crippen LogP contribution in [-0.4, -0.2) is 45.5 Å². The largest absolute Gasteiger partial charge is 0.334 e. The predicted molar refractivity (Wildman–Crippen MR) is 101 cm³/mol. The number of carbonyl (C=O) groups excluding carboxylic acids is 1. The first-order chi connectivity index (χ1) is 13.2. The Morgan fingerprint density at radius 3 is 2.93 bits per heavy atom. The highest BCUT2D eigenvalue weighted by Gasteiger charge is 2.22. The first-order valence-corrected chi connectivity index (χ1v) is 9.01. The lowest BCUT2D eigenvalue weighted by Gasteiger charge is -2.33. The van der Waals surface area contributed by atoms with E-state index in [1.807, 2.05) is 12.1 Å². The zero-order chi connectivity index (χ0) is 18.6. The molecule has 1 unspecified atom stereocenters. The number of para-hydroxylation sites is 1. The van der Waals surface area contributed by atoms with Crippen LogP contribution in [0.2, 0.25) is 0 Å². The second kappa shape index (κ2) is 7.71. The van der Waals surface area contributed by atoms with Gasteiger partial charge in [0.15, 0.2) is 0 Å². The number of nitrogens with one attached hydrogen (secondary N) is 3. The molecule has 2 amide bonds. The molecule has 0 bridgehead atoms. The van der Waals surface area contributed by atoms with Crippen LogP contribution in [0.4, 0.5) is 14.9 Å². The second-order valence-corrected chi connectivity index (χ2v) is 6.80. The van der Waals surface area contributed by atoms with E-state index in [4.69, 9.17) is 0 Å². The molecule has 1 aliphatic heterocycles. The average molecular weight is 368 g/mol. The summed E-state index contributed by atoms with van der Waals surface area (Å²) in [5, 5.41) is 16.5. The zero-order valence-electron chi connectivity index (χ0n) is 14.8. The third-order valence-corrected chi connectivity index (χ3v) is 4.76. The van der Waals surface area contributed by atoms with Crippen LogP contribution < -0.4 is 10.6 Å². The number of halogens is 1. The SMILES string of the molecule is O=C(Nc1cccc2n[nH]nc12)NC1CCCN(Cc2ccc(F)cc2)C1. The number of aromatic nitrogens is 3. The second-order valence-electron chi connectivity index (χ2n) is 6.80. The average Bonchev–Trinajstić information content (AvgIpc) is 3.14. The number of urea groups is 1. The normalized spacial score (nSPS) is 17.7. The molecular weight excluding hydrogens is 347 g/mol. The number of fused-ring (bicyclic) bond motifs is 1. The van der Waals surface area contributed by atoms with E-state index < -0.39 is 0 Å². The maximum atomic E-state index is 13.0. The molecule has 3 N–H and O–H groups in total.